The van der Waals surface area contributed by atoms with E-state index in [2.05, 4.69) is 16.4 Å². The van der Waals surface area contributed by atoms with Crippen LogP contribution in [0.2, 0.25) is 0 Å². The van der Waals surface area contributed by atoms with Gasteiger partial charge in [-0.1, -0.05) is 0 Å². The van der Waals surface area contributed by atoms with Crippen LogP contribution in [0.25, 0.3) is 0 Å². The lowest BCUT2D eigenvalue weighted by Crippen LogP contribution is -2.17. The average Bonchev–Trinajstić information content (AvgIpc) is 2.73. The fourth-order valence-corrected chi connectivity index (χ4v) is 2.11. The molecular formula is C12H16N4. The van der Waals surface area contributed by atoms with Gasteiger partial charge >= 0.3 is 0 Å². The lowest BCUT2D eigenvalue weighted by molar-refractivity contribution is 0.565. The number of nitrogens with two attached hydrogens (primary N) is 1. The summed E-state index contributed by atoms with van der Waals surface area (Å²) in [6.07, 6.45) is 5.02. The van der Waals surface area contributed by atoms with E-state index >= 15 is 0 Å². The Hall–Kier alpha value is -1.60. The van der Waals surface area contributed by atoms with Crippen molar-refractivity contribution in [3.63, 3.8) is 0 Å². The van der Waals surface area contributed by atoms with E-state index < -0.39 is 0 Å². The highest BCUT2D eigenvalue weighted by Crippen LogP contribution is 2.24. The molecule has 1 saturated carbocycles. The summed E-state index contributed by atoms with van der Waals surface area (Å²) in [7, 11) is 0. The number of nitriles is 1. The fraction of sp³-hybridized carbons (Fsp3) is 0.500. The lowest BCUT2D eigenvalue weighted by Gasteiger charge is -2.11. The highest BCUT2D eigenvalue weighted by Gasteiger charge is 2.21. The zero-order chi connectivity index (χ0) is 11.4. The smallest absolute Gasteiger partial charge is 0.125 e. The van der Waals surface area contributed by atoms with Crippen molar-refractivity contribution in [2.75, 3.05) is 11.9 Å². The standard InChI is InChI=1S/C12H16N4/c13-6-10-2-4-12(16-8-10)15-7-9-1-3-11(14)5-9/h2,4,8-9,11H,1,3,5,7,14H2,(H,15,16)/t9-,11+/m1/s1. The molecule has 0 saturated heterocycles. The Kier molecular flexibility index (Phi) is 3.37. The van der Waals surface area contributed by atoms with Gasteiger partial charge in [-0.25, -0.2) is 4.98 Å². The molecular weight excluding hydrogens is 200 g/mol. The molecule has 0 aromatic carbocycles. The maximum atomic E-state index is 8.64. The Bertz CT molecular complexity index is 379. The van der Waals surface area contributed by atoms with E-state index in [-0.39, 0.29) is 0 Å². The van der Waals surface area contributed by atoms with Crippen LogP contribution >= 0.6 is 0 Å². The van der Waals surface area contributed by atoms with Crippen molar-refractivity contribution < 1.29 is 0 Å². The van der Waals surface area contributed by atoms with Crippen LogP contribution in [0.3, 0.4) is 0 Å². The van der Waals surface area contributed by atoms with Crippen molar-refractivity contribution in [2.45, 2.75) is 25.3 Å². The van der Waals surface area contributed by atoms with Gasteiger partial charge in [-0.15, -0.1) is 0 Å². The Morgan fingerprint density at radius 3 is 2.94 bits per heavy atom. The number of hydrogen-bond acceptors (Lipinski definition) is 4. The largest absolute Gasteiger partial charge is 0.370 e. The second-order valence-electron chi connectivity index (χ2n) is 4.36. The van der Waals surface area contributed by atoms with Gasteiger partial charge in [0.05, 0.1) is 5.56 Å². The van der Waals surface area contributed by atoms with Crippen molar-refractivity contribution in [1.82, 2.24) is 4.98 Å². The summed E-state index contributed by atoms with van der Waals surface area (Å²) in [6, 6.07) is 6.04. The minimum absolute atomic E-state index is 0.376. The molecule has 16 heavy (non-hydrogen) atoms. The van der Waals surface area contributed by atoms with Gasteiger partial charge < -0.3 is 11.1 Å². The molecule has 0 aliphatic heterocycles. The van der Waals surface area contributed by atoms with Crippen molar-refractivity contribution in [3.05, 3.63) is 23.9 Å². The molecule has 1 aliphatic rings. The van der Waals surface area contributed by atoms with Crippen molar-refractivity contribution >= 4 is 5.82 Å². The van der Waals surface area contributed by atoms with E-state index in [1.807, 2.05) is 6.07 Å². The molecule has 1 aliphatic carbocycles. The molecule has 84 valence electrons. The molecule has 0 amide bonds. The van der Waals surface area contributed by atoms with E-state index in [4.69, 9.17) is 11.0 Å². The van der Waals surface area contributed by atoms with Crippen molar-refractivity contribution in [3.8, 4) is 6.07 Å². The third-order valence-electron chi connectivity index (χ3n) is 3.05. The van der Waals surface area contributed by atoms with Gasteiger partial charge in [-0.2, -0.15) is 5.26 Å². The number of nitrogens with one attached hydrogen (secondary N) is 1. The van der Waals surface area contributed by atoms with E-state index in [0.29, 0.717) is 17.5 Å². The fourth-order valence-electron chi connectivity index (χ4n) is 2.11. The Labute approximate surface area is 95.5 Å². The first-order chi connectivity index (χ1) is 7.78. The quantitative estimate of drug-likeness (QED) is 0.802. The van der Waals surface area contributed by atoms with Crippen LogP contribution in [0.4, 0.5) is 5.82 Å². The van der Waals surface area contributed by atoms with Crippen LogP contribution in [0.1, 0.15) is 24.8 Å². The Morgan fingerprint density at radius 1 is 1.50 bits per heavy atom. The van der Waals surface area contributed by atoms with Gasteiger partial charge in [0.2, 0.25) is 0 Å². The van der Waals surface area contributed by atoms with Gasteiger partial charge in [0.15, 0.2) is 0 Å². The number of nitrogens with zero attached hydrogens (tertiary/aromatic N) is 2. The third kappa shape index (κ3) is 2.71. The molecule has 0 bridgehead atoms. The molecule has 1 fully saturated rings. The van der Waals surface area contributed by atoms with Gasteiger partial charge in [0, 0.05) is 18.8 Å². The Morgan fingerprint density at radius 2 is 2.38 bits per heavy atom. The molecule has 0 radical (unpaired) electrons. The predicted molar refractivity (Wildman–Crippen MR) is 62.8 cm³/mol. The SMILES string of the molecule is N#Cc1ccc(NC[C@@H]2CC[C@H](N)C2)nc1. The molecule has 0 spiro atoms. The Balaban J connectivity index is 1.83. The third-order valence-corrected chi connectivity index (χ3v) is 3.05. The van der Waals surface area contributed by atoms with Gasteiger partial charge in [-0.05, 0) is 37.3 Å². The molecule has 4 heteroatoms. The topological polar surface area (TPSA) is 74.7 Å². The van der Waals surface area contributed by atoms with Crippen molar-refractivity contribution in [2.24, 2.45) is 11.7 Å². The number of pyridine rings is 1. The zero-order valence-electron chi connectivity index (χ0n) is 9.19. The number of aromatic nitrogens is 1. The monoisotopic (exact) mass is 216 g/mol. The second kappa shape index (κ2) is 4.95. The summed E-state index contributed by atoms with van der Waals surface area (Å²) in [6.45, 7) is 0.923. The van der Waals surface area contributed by atoms with Crippen LogP contribution < -0.4 is 11.1 Å². The maximum absolute atomic E-state index is 8.64. The van der Waals surface area contributed by atoms with E-state index in [0.717, 1.165) is 25.2 Å². The van der Waals surface area contributed by atoms with E-state index in [1.165, 1.54) is 6.42 Å². The summed E-state index contributed by atoms with van der Waals surface area (Å²) >= 11 is 0. The summed E-state index contributed by atoms with van der Waals surface area (Å²) in [5.74, 6) is 1.49. The summed E-state index contributed by atoms with van der Waals surface area (Å²) in [5.41, 5.74) is 6.44. The first kappa shape index (κ1) is 10.9. The lowest BCUT2D eigenvalue weighted by atomic mass is 10.1. The normalized spacial score (nSPS) is 24.0. The highest BCUT2D eigenvalue weighted by atomic mass is 15.0. The highest BCUT2D eigenvalue weighted by molar-refractivity contribution is 5.38. The van der Waals surface area contributed by atoms with Crippen LogP contribution in [0.5, 0.6) is 0 Å². The minimum Gasteiger partial charge on any atom is -0.370 e. The van der Waals surface area contributed by atoms with Crippen LogP contribution in [-0.4, -0.2) is 17.6 Å². The first-order valence-electron chi connectivity index (χ1n) is 5.63. The van der Waals surface area contributed by atoms with Crippen LogP contribution in [0, 0.1) is 17.2 Å². The van der Waals surface area contributed by atoms with E-state index in [1.54, 1.807) is 12.3 Å². The molecule has 2 atom stereocenters. The zero-order valence-corrected chi connectivity index (χ0v) is 9.19. The maximum Gasteiger partial charge on any atom is 0.125 e. The summed E-state index contributed by atoms with van der Waals surface area (Å²) < 4.78 is 0. The predicted octanol–water partition coefficient (Wildman–Crippen LogP) is 1.49. The van der Waals surface area contributed by atoms with E-state index in [9.17, 15) is 0 Å². The minimum atomic E-state index is 0.376. The second-order valence-corrected chi connectivity index (χ2v) is 4.36. The molecule has 1 heterocycles. The van der Waals surface area contributed by atoms with Gasteiger partial charge in [0.1, 0.15) is 11.9 Å². The molecule has 1 aromatic rings. The van der Waals surface area contributed by atoms with Crippen molar-refractivity contribution in [1.29, 1.82) is 5.26 Å². The summed E-state index contributed by atoms with van der Waals surface area (Å²) in [5, 5.41) is 11.9. The van der Waals surface area contributed by atoms with Gasteiger partial charge in [-0.3, -0.25) is 0 Å². The molecule has 3 N–H and O–H groups in total. The molecule has 0 unspecified atom stereocenters. The van der Waals surface area contributed by atoms with Crippen LogP contribution in [0.15, 0.2) is 18.3 Å². The molecule has 2 rings (SSSR count). The van der Waals surface area contributed by atoms with Crippen LogP contribution in [-0.2, 0) is 0 Å². The summed E-state index contributed by atoms with van der Waals surface area (Å²) in [4.78, 5) is 4.16. The molecule has 1 aromatic heterocycles. The number of anilines is 1. The number of hydrogen-bond donors (Lipinski definition) is 2. The average molecular weight is 216 g/mol. The first-order valence-corrected chi connectivity index (χ1v) is 5.63. The molecule has 4 nitrogen and oxygen atoms in total. The number of rotatable bonds is 3. The van der Waals surface area contributed by atoms with Gasteiger partial charge in [0.25, 0.3) is 0 Å².